The molecule has 1 fully saturated rings. The quantitative estimate of drug-likeness (QED) is 0.193. The Morgan fingerprint density at radius 1 is 0.690 bits per heavy atom. The van der Waals surface area contributed by atoms with E-state index in [2.05, 4.69) is 52.1 Å². The zero-order valence-corrected chi connectivity index (χ0v) is 20.7. The zero-order chi connectivity index (χ0) is 21.4. The second-order valence-corrected chi connectivity index (χ2v) is 10.7. The van der Waals surface area contributed by atoms with Crippen LogP contribution in [-0.2, 0) is 4.74 Å². The van der Waals surface area contributed by atoms with Crippen molar-refractivity contribution in [3.8, 4) is 0 Å². The average Bonchev–Trinajstić information content (AvgIpc) is 2.61. The lowest BCUT2D eigenvalue weighted by atomic mass is 9.81. The smallest absolute Gasteiger partial charge is 0.0609 e. The Hall–Kier alpha value is -0.340. The van der Waals surface area contributed by atoms with Gasteiger partial charge < -0.3 is 10.1 Å². The van der Waals surface area contributed by atoms with E-state index in [0.29, 0.717) is 6.10 Å². The van der Waals surface area contributed by atoms with E-state index in [-0.39, 0.29) is 11.1 Å². The van der Waals surface area contributed by atoms with Crippen LogP contribution in [0.2, 0.25) is 0 Å². The van der Waals surface area contributed by atoms with E-state index in [0.717, 1.165) is 19.4 Å². The SMILES string of the molecule is CCCCCCCCC=CCCCCCCCCOC1CC(C)(C)NC(C)(C)C1. The molecule has 0 amide bonds. The summed E-state index contributed by atoms with van der Waals surface area (Å²) < 4.78 is 6.22. The molecule has 1 aliphatic rings. The minimum absolute atomic E-state index is 0.190. The molecule has 0 unspecified atom stereocenters. The summed E-state index contributed by atoms with van der Waals surface area (Å²) in [5, 5.41) is 3.74. The fourth-order valence-corrected chi connectivity index (χ4v) is 4.95. The molecule has 2 nitrogen and oxygen atoms in total. The Labute approximate surface area is 183 Å². The highest BCUT2D eigenvalue weighted by molar-refractivity contribution is 4.97. The molecule has 0 bridgehead atoms. The molecule has 29 heavy (non-hydrogen) atoms. The van der Waals surface area contributed by atoms with Crippen molar-refractivity contribution < 1.29 is 4.74 Å². The second kappa shape index (κ2) is 15.5. The van der Waals surface area contributed by atoms with Crippen molar-refractivity contribution in [2.24, 2.45) is 0 Å². The van der Waals surface area contributed by atoms with Gasteiger partial charge in [-0.3, -0.25) is 0 Å². The number of hydrogen-bond acceptors (Lipinski definition) is 2. The number of nitrogens with one attached hydrogen (secondary N) is 1. The van der Waals surface area contributed by atoms with E-state index in [9.17, 15) is 0 Å². The van der Waals surface area contributed by atoms with Gasteiger partial charge in [-0.1, -0.05) is 76.9 Å². The number of hydrogen-bond donors (Lipinski definition) is 1. The number of unbranched alkanes of at least 4 members (excludes halogenated alkanes) is 12. The number of allylic oxidation sites excluding steroid dienone is 2. The molecular formula is C27H53NO. The normalized spacial score (nSPS) is 19.2. The van der Waals surface area contributed by atoms with Crippen LogP contribution in [0.5, 0.6) is 0 Å². The van der Waals surface area contributed by atoms with Gasteiger partial charge in [0.1, 0.15) is 0 Å². The maximum atomic E-state index is 6.22. The highest BCUT2D eigenvalue weighted by Gasteiger charge is 2.37. The van der Waals surface area contributed by atoms with Gasteiger partial charge in [-0.2, -0.15) is 0 Å². The van der Waals surface area contributed by atoms with Crippen LogP contribution in [0.3, 0.4) is 0 Å². The third kappa shape index (κ3) is 15.2. The number of piperidine rings is 1. The van der Waals surface area contributed by atoms with Crippen LogP contribution in [0.15, 0.2) is 12.2 Å². The average molecular weight is 408 g/mol. The van der Waals surface area contributed by atoms with Crippen LogP contribution < -0.4 is 5.32 Å². The molecule has 0 saturated carbocycles. The van der Waals surface area contributed by atoms with Gasteiger partial charge in [0.15, 0.2) is 0 Å². The van der Waals surface area contributed by atoms with Crippen molar-refractivity contribution in [2.45, 2.75) is 155 Å². The van der Waals surface area contributed by atoms with Gasteiger partial charge in [-0.25, -0.2) is 0 Å². The van der Waals surface area contributed by atoms with Crippen LogP contribution in [0, 0.1) is 0 Å². The summed E-state index contributed by atoms with van der Waals surface area (Å²) in [7, 11) is 0. The number of ether oxygens (including phenoxy) is 1. The highest BCUT2D eigenvalue weighted by atomic mass is 16.5. The molecule has 1 heterocycles. The fraction of sp³-hybridized carbons (Fsp3) is 0.926. The number of rotatable bonds is 17. The first kappa shape index (κ1) is 26.7. The van der Waals surface area contributed by atoms with Crippen LogP contribution in [-0.4, -0.2) is 23.8 Å². The van der Waals surface area contributed by atoms with Gasteiger partial charge >= 0.3 is 0 Å². The van der Waals surface area contributed by atoms with Gasteiger partial charge in [0.2, 0.25) is 0 Å². The van der Waals surface area contributed by atoms with Gasteiger partial charge in [-0.05, 0) is 72.6 Å². The van der Waals surface area contributed by atoms with Crippen molar-refractivity contribution in [1.29, 1.82) is 0 Å². The maximum absolute atomic E-state index is 6.22. The maximum Gasteiger partial charge on any atom is 0.0609 e. The summed E-state index contributed by atoms with van der Waals surface area (Å²) in [6.07, 6.45) is 26.6. The lowest BCUT2D eigenvalue weighted by Crippen LogP contribution is -2.59. The molecule has 1 aliphatic heterocycles. The molecule has 0 spiro atoms. The van der Waals surface area contributed by atoms with Crippen LogP contribution in [0.4, 0.5) is 0 Å². The molecule has 0 aromatic heterocycles. The van der Waals surface area contributed by atoms with Crippen molar-refractivity contribution in [2.75, 3.05) is 6.61 Å². The molecule has 0 radical (unpaired) electrons. The van der Waals surface area contributed by atoms with E-state index < -0.39 is 0 Å². The first-order chi connectivity index (χ1) is 13.8. The molecule has 0 aromatic rings. The van der Waals surface area contributed by atoms with Crippen LogP contribution >= 0.6 is 0 Å². The molecular weight excluding hydrogens is 354 g/mol. The van der Waals surface area contributed by atoms with E-state index >= 15 is 0 Å². The predicted octanol–water partition coefficient (Wildman–Crippen LogP) is 8.35. The topological polar surface area (TPSA) is 21.3 Å². The molecule has 1 N–H and O–H groups in total. The first-order valence-corrected chi connectivity index (χ1v) is 12.9. The monoisotopic (exact) mass is 407 g/mol. The van der Waals surface area contributed by atoms with Crippen molar-refractivity contribution in [3.05, 3.63) is 12.2 Å². The van der Waals surface area contributed by atoms with Crippen molar-refractivity contribution >= 4 is 0 Å². The molecule has 1 saturated heterocycles. The minimum Gasteiger partial charge on any atom is -0.378 e. The standard InChI is InChI=1S/C27H53NO/c1-6-7-8-9-10-11-12-13-14-15-16-17-18-19-20-21-22-29-25-23-26(2,3)28-27(4,5)24-25/h13-14,25,28H,6-12,15-24H2,1-5H3. The van der Waals surface area contributed by atoms with Crippen LogP contribution in [0.1, 0.15) is 137 Å². The van der Waals surface area contributed by atoms with E-state index in [1.165, 1.54) is 89.9 Å². The largest absolute Gasteiger partial charge is 0.378 e. The Morgan fingerprint density at radius 2 is 1.14 bits per heavy atom. The Morgan fingerprint density at radius 3 is 1.66 bits per heavy atom. The third-order valence-corrected chi connectivity index (χ3v) is 6.16. The van der Waals surface area contributed by atoms with E-state index in [1.54, 1.807) is 0 Å². The lowest BCUT2D eigenvalue weighted by Gasteiger charge is -2.46. The zero-order valence-electron chi connectivity index (χ0n) is 20.7. The summed E-state index contributed by atoms with van der Waals surface area (Å²) in [6.45, 7) is 12.4. The van der Waals surface area contributed by atoms with Crippen molar-refractivity contribution in [1.82, 2.24) is 5.32 Å². The van der Waals surface area contributed by atoms with Crippen LogP contribution in [0.25, 0.3) is 0 Å². The first-order valence-electron chi connectivity index (χ1n) is 12.9. The summed E-state index contributed by atoms with van der Waals surface area (Å²) in [4.78, 5) is 0. The Balaban J connectivity index is 1.86. The van der Waals surface area contributed by atoms with Gasteiger partial charge in [-0.15, -0.1) is 0 Å². The molecule has 0 aliphatic carbocycles. The van der Waals surface area contributed by atoms with Gasteiger partial charge in [0, 0.05) is 17.7 Å². The Bertz CT molecular complexity index is 397. The Kier molecular flexibility index (Phi) is 14.2. The molecule has 172 valence electrons. The predicted molar refractivity (Wildman–Crippen MR) is 130 cm³/mol. The van der Waals surface area contributed by atoms with Gasteiger partial charge in [0.05, 0.1) is 6.10 Å². The van der Waals surface area contributed by atoms with E-state index in [1.807, 2.05) is 0 Å². The lowest BCUT2D eigenvalue weighted by molar-refractivity contribution is -0.0228. The summed E-state index contributed by atoms with van der Waals surface area (Å²) in [5.74, 6) is 0. The summed E-state index contributed by atoms with van der Waals surface area (Å²) >= 11 is 0. The molecule has 2 heteroatoms. The van der Waals surface area contributed by atoms with Gasteiger partial charge in [0.25, 0.3) is 0 Å². The highest BCUT2D eigenvalue weighted by Crippen LogP contribution is 2.30. The fourth-order valence-electron chi connectivity index (χ4n) is 4.95. The summed E-state index contributed by atoms with van der Waals surface area (Å²) in [5.41, 5.74) is 0.380. The van der Waals surface area contributed by atoms with Crippen molar-refractivity contribution in [3.63, 3.8) is 0 Å². The second-order valence-electron chi connectivity index (χ2n) is 10.7. The molecule has 1 rings (SSSR count). The molecule has 0 atom stereocenters. The summed E-state index contributed by atoms with van der Waals surface area (Å²) in [6, 6.07) is 0. The minimum atomic E-state index is 0.190. The van der Waals surface area contributed by atoms with E-state index in [4.69, 9.17) is 4.74 Å². The molecule has 0 aromatic carbocycles. The third-order valence-electron chi connectivity index (χ3n) is 6.16.